The Morgan fingerprint density at radius 1 is 1.30 bits per heavy atom. The topological polar surface area (TPSA) is 57.6 Å². The van der Waals surface area contributed by atoms with Gasteiger partial charge in [-0.15, -0.1) is 0 Å². The van der Waals surface area contributed by atoms with Gasteiger partial charge in [0.15, 0.2) is 9.84 Å². The van der Waals surface area contributed by atoms with E-state index in [0.29, 0.717) is 5.69 Å². The highest BCUT2D eigenvalue weighted by atomic mass is 32.2. The number of phenols is 1. The van der Waals surface area contributed by atoms with Crippen LogP contribution in [-0.4, -0.2) is 42.9 Å². The van der Waals surface area contributed by atoms with E-state index in [1.54, 1.807) is 6.07 Å². The summed E-state index contributed by atoms with van der Waals surface area (Å²) >= 11 is 0. The average molecular weight is 316 g/mol. The fourth-order valence-electron chi connectivity index (χ4n) is 2.11. The van der Waals surface area contributed by atoms with Gasteiger partial charge in [0.2, 0.25) is 0 Å². The summed E-state index contributed by atoms with van der Waals surface area (Å²) in [5.41, 5.74) is 0.588. The zero-order valence-corrected chi connectivity index (χ0v) is 14.8. The fourth-order valence-corrected chi connectivity index (χ4v) is 4.18. The standard InChI is InChI=1S/C14H25NO3SSi/c1-4-9-20-10-5-8-15(2)13-11-12(19(3,17)18)6-7-14(13)16/h6-7,11,16H,4-5,8-10,20H2,1-3H3. The first-order chi connectivity index (χ1) is 9.36. The van der Waals surface area contributed by atoms with E-state index < -0.39 is 9.84 Å². The Balaban J connectivity index is 2.70. The Morgan fingerprint density at radius 3 is 2.60 bits per heavy atom. The molecule has 0 fully saturated rings. The summed E-state index contributed by atoms with van der Waals surface area (Å²) < 4.78 is 23.1. The van der Waals surface area contributed by atoms with Crippen LogP contribution in [0.25, 0.3) is 0 Å². The highest BCUT2D eigenvalue weighted by Crippen LogP contribution is 2.29. The average Bonchev–Trinajstić information content (AvgIpc) is 2.37. The van der Waals surface area contributed by atoms with Gasteiger partial charge in [-0.3, -0.25) is 0 Å². The zero-order chi connectivity index (χ0) is 15.2. The van der Waals surface area contributed by atoms with Crippen molar-refractivity contribution >= 4 is 25.0 Å². The lowest BCUT2D eigenvalue weighted by Crippen LogP contribution is -2.19. The number of sulfone groups is 1. The van der Waals surface area contributed by atoms with Crippen molar-refractivity contribution in [1.82, 2.24) is 0 Å². The van der Waals surface area contributed by atoms with Gasteiger partial charge in [0.1, 0.15) is 5.75 Å². The third kappa shape index (κ3) is 5.17. The lowest BCUT2D eigenvalue weighted by atomic mass is 10.2. The van der Waals surface area contributed by atoms with E-state index in [0.717, 1.165) is 13.0 Å². The summed E-state index contributed by atoms with van der Waals surface area (Å²) in [6.45, 7) is 3.06. The predicted octanol–water partition coefficient (Wildman–Crippen LogP) is 2.04. The second-order valence-electron chi connectivity index (χ2n) is 5.26. The molecule has 1 N–H and O–H groups in total. The Morgan fingerprint density at radius 2 is 2.00 bits per heavy atom. The van der Waals surface area contributed by atoms with Crippen LogP contribution in [0.3, 0.4) is 0 Å². The van der Waals surface area contributed by atoms with Gasteiger partial charge in [-0.25, -0.2) is 8.42 Å². The Bertz CT molecular complexity index is 531. The maximum Gasteiger partial charge on any atom is 0.175 e. The molecule has 4 nitrogen and oxygen atoms in total. The Hall–Kier alpha value is -1.01. The van der Waals surface area contributed by atoms with Crippen LogP contribution in [0.5, 0.6) is 5.75 Å². The molecule has 1 aromatic carbocycles. The van der Waals surface area contributed by atoms with Crippen LogP contribution in [0, 0.1) is 0 Å². The van der Waals surface area contributed by atoms with Crippen molar-refractivity contribution in [2.45, 2.75) is 36.7 Å². The molecule has 0 aliphatic heterocycles. The van der Waals surface area contributed by atoms with Crippen LogP contribution in [0.15, 0.2) is 23.1 Å². The quantitative estimate of drug-likeness (QED) is 0.589. The van der Waals surface area contributed by atoms with Gasteiger partial charge in [0.25, 0.3) is 0 Å². The van der Waals surface area contributed by atoms with Crippen molar-refractivity contribution < 1.29 is 13.5 Å². The van der Waals surface area contributed by atoms with E-state index >= 15 is 0 Å². The number of nitrogens with zero attached hydrogens (tertiary/aromatic N) is 1. The lowest BCUT2D eigenvalue weighted by Gasteiger charge is -2.21. The highest BCUT2D eigenvalue weighted by molar-refractivity contribution is 7.90. The molecule has 6 heteroatoms. The molecule has 0 unspecified atom stereocenters. The van der Waals surface area contributed by atoms with Crippen molar-refractivity contribution in [2.24, 2.45) is 0 Å². The van der Waals surface area contributed by atoms with Gasteiger partial charge in [-0.1, -0.05) is 25.4 Å². The van der Waals surface area contributed by atoms with Crippen LogP contribution >= 0.6 is 0 Å². The monoisotopic (exact) mass is 315 g/mol. The molecule has 0 atom stereocenters. The Labute approximate surface area is 124 Å². The van der Waals surface area contributed by atoms with Crippen molar-refractivity contribution in [3.63, 3.8) is 0 Å². The molecule has 0 amide bonds. The van der Waals surface area contributed by atoms with Crippen molar-refractivity contribution in [2.75, 3.05) is 24.7 Å². The highest BCUT2D eigenvalue weighted by Gasteiger charge is 2.13. The van der Waals surface area contributed by atoms with Gasteiger partial charge in [0, 0.05) is 29.4 Å². The SMILES string of the molecule is CCC[SiH2]CCCN(C)c1cc(S(C)(=O)=O)ccc1O. The summed E-state index contributed by atoms with van der Waals surface area (Å²) in [4.78, 5) is 2.18. The van der Waals surface area contributed by atoms with Crippen LogP contribution in [-0.2, 0) is 9.84 Å². The Kier molecular flexibility index (Phi) is 6.55. The van der Waals surface area contributed by atoms with Crippen LogP contribution in [0.1, 0.15) is 19.8 Å². The number of anilines is 1. The second-order valence-corrected chi connectivity index (χ2v) is 9.40. The van der Waals surface area contributed by atoms with Gasteiger partial charge in [-0.2, -0.15) is 0 Å². The van der Waals surface area contributed by atoms with Gasteiger partial charge < -0.3 is 10.0 Å². The minimum Gasteiger partial charge on any atom is -0.506 e. The molecule has 0 radical (unpaired) electrons. The number of hydrogen-bond acceptors (Lipinski definition) is 4. The molecule has 20 heavy (non-hydrogen) atoms. The van der Waals surface area contributed by atoms with Crippen molar-refractivity contribution in [1.29, 1.82) is 0 Å². The van der Waals surface area contributed by atoms with E-state index in [1.807, 2.05) is 11.9 Å². The molecule has 0 aliphatic carbocycles. The maximum absolute atomic E-state index is 11.6. The number of benzene rings is 1. The largest absolute Gasteiger partial charge is 0.506 e. The smallest absolute Gasteiger partial charge is 0.175 e. The molecule has 1 rings (SSSR count). The number of rotatable bonds is 8. The lowest BCUT2D eigenvalue weighted by molar-refractivity contribution is 0.474. The van der Waals surface area contributed by atoms with Gasteiger partial charge in [-0.05, 0) is 24.6 Å². The summed E-state index contributed by atoms with van der Waals surface area (Å²) in [6, 6.07) is 7.13. The van der Waals surface area contributed by atoms with Crippen molar-refractivity contribution in [3.05, 3.63) is 18.2 Å². The van der Waals surface area contributed by atoms with E-state index in [9.17, 15) is 13.5 Å². The van der Waals surface area contributed by atoms with E-state index in [-0.39, 0.29) is 20.2 Å². The first kappa shape index (κ1) is 17.0. The molecule has 0 saturated heterocycles. The van der Waals surface area contributed by atoms with E-state index in [1.165, 1.54) is 36.9 Å². The van der Waals surface area contributed by atoms with E-state index in [4.69, 9.17) is 0 Å². The summed E-state index contributed by atoms with van der Waals surface area (Å²) in [5, 5.41) is 9.88. The minimum absolute atomic E-state index is 0.0635. The molecule has 114 valence electrons. The maximum atomic E-state index is 11.6. The van der Waals surface area contributed by atoms with Gasteiger partial charge >= 0.3 is 0 Å². The molecule has 0 heterocycles. The molecule has 0 aliphatic rings. The first-order valence-corrected chi connectivity index (χ1v) is 11.0. The molecule has 1 aromatic rings. The van der Waals surface area contributed by atoms with Crippen LogP contribution < -0.4 is 4.90 Å². The fraction of sp³-hybridized carbons (Fsp3) is 0.571. The summed E-state index contributed by atoms with van der Waals surface area (Å²) in [7, 11) is -1.28. The summed E-state index contributed by atoms with van der Waals surface area (Å²) in [5.74, 6) is 0.130. The van der Waals surface area contributed by atoms with Crippen LogP contribution in [0.2, 0.25) is 12.1 Å². The number of aromatic hydroxyl groups is 1. The van der Waals surface area contributed by atoms with Crippen LogP contribution in [0.4, 0.5) is 5.69 Å². The third-order valence-corrected chi connectivity index (χ3v) is 6.70. The molecule has 0 bridgehead atoms. The molecule has 0 saturated carbocycles. The number of phenolic OH excluding ortho intramolecular Hbond substituents is 1. The summed E-state index contributed by atoms with van der Waals surface area (Å²) in [6.07, 6.45) is 3.56. The molecular weight excluding hydrogens is 290 g/mol. The predicted molar refractivity (Wildman–Crippen MR) is 87.6 cm³/mol. The molecule has 0 aromatic heterocycles. The second kappa shape index (κ2) is 7.69. The first-order valence-electron chi connectivity index (χ1n) is 7.10. The molecule has 0 spiro atoms. The minimum atomic E-state index is -3.24. The number of hydrogen-bond donors (Lipinski definition) is 1. The van der Waals surface area contributed by atoms with E-state index in [2.05, 4.69) is 6.92 Å². The molecular formula is C14H25NO3SSi. The van der Waals surface area contributed by atoms with Crippen molar-refractivity contribution in [3.8, 4) is 5.75 Å². The third-order valence-electron chi connectivity index (χ3n) is 3.38. The normalized spacial score (nSPS) is 12.2. The van der Waals surface area contributed by atoms with Gasteiger partial charge in [0.05, 0.1) is 10.6 Å². The zero-order valence-electron chi connectivity index (χ0n) is 12.6.